The Labute approximate surface area is 99.6 Å². The maximum atomic E-state index is 10.4. The zero-order chi connectivity index (χ0) is 7.82. The van der Waals surface area contributed by atoms with Gasteiger partial charge in [0, 0.05) is 0 Å². The monoisotopic (exact) mass is 230 g/mol. The van der Waals surface area contributed by atoms with Gasteiger partial charge in [-0.25, -0.2) is 0 Å². The molecule has 0 aromatic carbocycles. The fourth-order valence-electron chi connectivity index (χ4n) is 0.873. The van der Waals surface area contributed by atoms with E-state index < -0.39 is 0 Å². The molecule has 0 aromatic rings. The average molecular weight is 229 g/mol. The van der Waals surface area contributed by atoms with E-state index in [1.165, 1.54) is 25.7 Å². The largest absolute Gasteiger partial charge is 1.00 e. The van der Waals surface area contributed by atoms with Crippen LogP contribution in [-0.2, 0) is 0 Å². The summed E-state index contributed by atoms with van der Waals surface area (Å²) >= 11 is 2.49. The molecule has 0 saturated carbocycles. The molecule has 0 aromatic heterocycles. The number of rotatable bonds is 6. The van der Waals surface area contributed by atoms with Gasteiger partial charge in [-0.2, -0.15) is 0 Å². The standard InChI is InChI=1S/C8H16OSe.Na/c1-2-3-4-5-6-7-8(9)10;/h2-7H2,1H3,(H,9,10);/q;+1/p-1. The second-order valence-corrected chi connectivity index (χ2v) is 3.49. The Hall–Kier alpha value is 1.19. The zero-order valence-electron chi connectivity index (χ0n) is 7.56. The van der Waals surface area contributed by atoms with Crippen molar-refractivity contribution < 1.29 is 34.7 Å². The molecule has 0 fully saturated rings. The molecular weight excluding hydrogens is 214 g/mol. The van der Waals surface area contributed by atoms with Crippen molar-refractivity contribution in [1.82, 2.24) is 0 Å². The smallest absolute Gasteiger partial charge is 1.00 e. The van der Waals surface area contributed by atoms with Crippen LogP contribution in [0.1, 0.15) is 45.4 Å². The Balaban J connectivity index is 0. The number of hydrogen-bond acceptors (Lipinski definition) is 1. The van der Waals surface area contributed by atoms with Crippen LogP contribution in [-0.4, -0.2) is 20.2 Å². The molecule has 0 amide bonds. The predicted octanol–water partition coefficient (Wildman–Crippen LogP) is -1.99. The summed E-state index contributed by atoms with van der Waals surface area (Å²) < 4.78 is 0.205. The summed E-state index contributed by atoms with van der Waals surface area (Å²) in [7, 11) is 0. The van der Waals surface area contributed by atoms with Gasteiger partial charge >= 0.3 is 100 Å². The van der Waals surface area contributed by atoms with Gasteiger partial charge in [-0.1, -0.05) is 0 Å². The summed E-state index contributed by atoms with van der Waals surface area (Å²) in [4.78, 5) is 0. The van der Waals surface area contributed by atoms with Crippen molar-refractivity contribution in [1.29, 1.82) is 0 Å². The Morgan fingerprint density at radius 3 is 2.18 bits per heavy atom. The maximum Gasteiger partial charge on any atom is 1.00 e. The van der Waals surface area contributed by atoms with E-state index in [4.69, 9.17) is 0 Å². The van der Waals surface area contributed by atoms with Gasteiger partial charge in [-0.3, -0.25) is 0 Å². The molecule has 0 N–H and O–H groups in total. The molecule has 0 heterocycles. The van der Waals surface area contributed by atoms with E-state index in [0.717, 1.165) is 12.8 Å². The van der Waals surface area contributed by atoms with Gasteiger partial charge in [-0.05, 0) is 0 Å². The van der Waals surface area contributed by atoms with Crippen LogP contribution in [0.15, 0.2) is 0 Å². The zero-order valence-corrected chi connectivity index (χ0v) is 11.3. The molecule has 0 bridgehead atoms. The predicted molar refractivity (Wildman–Crippen MR) is 44.1 cm³/mol. The molecule has 0 saturated heterocycles. The van der Waals surface area contributed by atoms with E-state index in [2.05, 4.69) is 22.5 Å². The normalized spacial score (nSPS) is 8.82. The third-order valence-electron chi connectivity index (χ3n) is 1.48. The van der Waals surface area contributed by atoms with Gasteiger partial charge in [-0.15, -0.1) is 0 Å². The quantitative estimate of drug-likeness (QED) is 0.382. The van der Waals surface area contributed by atoms with Crippen molar-refractivity contribution in [2.75, 3.05) is 0 Å². The second-order valence-electron chi connectivity index (χ2n) is 2.54. The summed E-state index contributed by atoms with van der Waals surface area (Å²) in [5, 5.41) is 10.4. The Morgan fingerprint density at radius 1 is 1.18 bits per heavy atom. The van der Waals surface area contributed by atoms with E-state index >= 15 is 0 Å². The maximum absolute atomic E-state index is 10.4. The first kappa shape index (κ1) is 14.7. The third-order valence-corrected chi connectivity index (χ3v) is 1.91. The van der Waals surface area contributed by atoms with Gasteiger partial charge in [0.1, 0.15) is 0 Å². The van der Waals surface area contributed by atoms with Gasteiger partial charge in [0.2, 0.25) is 0 Å². The topological polar surface area (TPSA) is 23.1 Å². The van der Waals surface area contributed by atoms with E-state index in [0.29, 0.717) is 0 Å². The average Bonchev–Trinajstić information content (AvgIpc) is 1.87. The molecule has 0 atom stereocenters. The van der Waals surface area contributed by atoms with Gasteiger partial charge in [0.25, 0.3) is 0 Å². The van der Waals surface area contributed by atoms with Crippen molar-refractivity contribution in [3.63, 3.8) is 0 Å². The van der Waals surface area contributed by atoms with Crippen LogP contribution in [0.4, 0.5) is 0 Å². The van der Waals surface area contributed by atoms with Crippen molar-refractivity contribution in [3.8, 4) is 0 Å². The first-order valence-electron chi connectivity index (χ1n) is 3.97. The first-order chi connectivity index (χ1) is 4.77. The molecule has 0 rings (SSSR count). The number of unbranched alkanes of at least 4 members (excludes halogenated alkanes) is 4. The van der Waals surface area contributed by atoms with Gasteiger partial charge in [0.05, 0.1) is 0 Å². The Morgan fingerprint density at radius 2 is 1.73 bits per heavy atom. The number of hydrogen-bond donors (Lipinski definition) is 0. The van der Waals surface area contributed by atoms with Crippen molar-refractivity contribution in [2.45, 2.75) is 45.4 Å². The molecule has 3 heteroatoms. The SMILES string of the molecule is CCCCCCCC([O-])=[Se].[Na+]. The van der Waals surface area contributed by atoms with Crippen LogP contribution in [0.25, 0.3) is 0 Å². The van der Waals surface area contributed by atoms with E-state index in [1.807, 2.05) is 0 Å². The molecule has 0 spiro atoms. The van der Waals surface area contributed by atoms with Crippen LogP contribution in [0.3, 0.4) is 0 Å². The molecular formula is C8H15NaOSe. The van der Waals surface area contributed by atoms with E-state index in [1.54, 1.807) is 0 Å². The van der Waals surface area contributed by atoms with E-state index in [-0.39, 0.29) is 34.2 Å². The summed E-state index contributed by atoms with van der Waals surface area (Å²) in [6, 6.07) is 0. The van der Waals surface area contributed by atoms with Gasteiger partial charge in [0.15, 0.2) is 0 Å². The molecule has 0 radical (unpaired) electrons. The minimum Gasteiger partial charge on any atom is 1.00 e. The van der Waals surface area contributed by atoms with Crippen LogP contribution >= 0.6 is 0 Å². The molecule has 0 unspecified atom stereocenters. The van der Waals surface area contributed by atoms with Crippen molar-refractivity contribution in [3.05, 3.63) is 0 Å². The van der Waals surface area contributed by atoms with Crippen molar-refractivity contribution >= 4 is 20.2 Å². The molecule has 0 aliphatic carbocycles. The minimum absolute atomic E-state index is 0. The van der Waals surface area contributed by atoms with Crippen molar-refractivity contribution in [2.24, 2.45) is 0 Å². The molecule has 0 aliphatic rings. The van der Waals surface area contributed by atoms with Crippen LogP contribution in [0.5, 0.6) is 0 Å². The second kappa shape index (κ2) is 11.2. The van der Waals surface area contributed by atoms with Gasteiger partial charge < -0.3 is 0 Å². The fraction of sp³-hybridized carbons (Fsp3) is 0.875. The Bertz CT molecular complexity index is 96.1. The Kier molecular flexibility index (Phi) is 15.0. The minimum atomic E-state index is 0. The summed E-state index contributed by atoms with van der Waals surface area (Å²) in [6.07, 6.45) is 6.86. The molecule has 1 nitrogen and oxygen atoms in total. The van der Waals surface area contributed by atoms with Crippen LogP contribution in [0.2, 0.25) is 0 Å². The molecule has 0 aliphatic heterocycles. The van der Waals surface area contributed by atoms with Crippen LogP contribution in [0, 0.1) is 0 Å². The summed E-state index contributed by atoms with van der Waals surface area (Å²) in [6.45, 7) is 2.19. The fourth-order valence-corrected chi connectivity index (χ4v) is 1.18. The summed E-state index contributed by atoms with van der Waals surface area (Å²) in [5.41, 5.74) is 0. The first-order valence-corrected chi connectivity index (χ1v) is 4.83. The van der Waals surface area contributed by atoms with Crippen LogP contribution < -0.4 is 34.7 Å². The molecule has 60 valence electrons. The third kappa shape index (κ3) is 14.1. The molecule has 11 heavy (non-hydrogen) atoms. The van der Waals surface area contributed by atoms with E-state index in [9.17, 15) is 5.11 Å². The summed E-state index contributed by atoms with van der Waals surface area (Å²) in [5.74, 6) is 0.